The average Bonchev–Trinajstić information content (AvgIpc) is 2.88. The van der Waals surface area contributed by atoms with E-state index in [9.17, 15) is 0 Å². The van der Waals surface area contributed by atoms with Gasteiger partial charge in [0.2, 0.25) is 0 Å². The van der Waals surface area contributed by atoms with E-state index in [4.69, 9.17) is 0 Å². The van der Waals surface area contributed by atoms with Gasteiger partial charge in [0.15, 0.2) is 0 Å². The van der Waals surface area contributed by atoms with Gasteiger partial charge in [-0.1, -0.05) is 32.0 Å². The topological polar surface area (TPSA) is 12.0 Å². The van der Waals surface area contributed by atoms with Crippen molar-refractivity contribution in [2.24, 2.45) is 11.8 Å². The van der Waals surface area contributed by atoms with Crippen LogP contribution in [0.15, 0.2) is 29.6 Å². The highest BCUT2D eigenvalue weighted by Gasteiger charge is 2.40. The fourth-order valence-electron chi connectivity index (χ4n) is 2.79. The monoisotopic (exact) mass is 245 g/mol. The quantitative estimate of drug-likeness (QED) is 0.851. The summed E-state index contributed by atoms with van der Waals surface area (Å²) < 4.78 is 1.47. The number of benzene rings is 1. The van der Waals surface area contributed by atoms with Gasteiger partial charge in [-0.15, -0.1) is 11.3 Å². The van der Waals surface area contributed by atoms with Crippen molar-refractivity contribution in [1.29, 1.82) is 0 Å². The van der Waals surface area contributed by atoms with Gasteiger partial charge < -0.3 is 5.32 Å². The summed E-state index contributed by atoms with van der Waals surface area (Å²) >= 11 is 1.87. The molecule has 0 saturated heterocycles. The van der Waals surface area contributed by atoms with Crippen LogP contribution in [0.1, 0.15) is 31.9 Å². The van der Waals surface area contributed by atoms with Gasteiger partial charge in [0.1, 0.15) is 0 Å². The van der Waals surface area contributed by atoms with E-state index < -0.39 is 0 Å². The fraction of sp³-hybridized carbons (Fsp3) is 0.467. The molecule has 1 aliphatic carbocycles. The number of fused-ring (bicyclic) bond motifs is 1. The number of hydrogen-bond acceptors (Lipinski definition) is 2. The minimum absolute atomic E-state index is 0.553. The normalized spacial score (nSPS) is 25.1. The number of hydrogen-bond donors (Lipinski definition) is 1. The van der Waals surface area contributed by atoms with Crippen molar-refractivity contribution in [3.63, 3.8) is 0 Å². The largest absolute Gasteiger partial charge is 0.310 e. The molecule has 17 heavy (non-hydrogen) atoms. The molecular formula is C15H19NS. The lowest BCUT2D eigenvalue weighted by atomic mass is 10.00. The number of rotatable bonds is 4. The van der Waals surface area contributed by atoms with Gasteiger partial charge >= 0.3 is 0 Å². The minimum atomic E-state index is 0.553. The molecule has 3 atom stereocenters. The highest BCUT2D eigenvalue weighted by molar-refractivity contribution is 7.17. The summed E-state index contributed by atoms with van der Waals surface area (Å²) in [6.45, 7) is 5.62. The van der Waals surface area contributed by atoms with Crippen LogP contribution in [0.25, 0.3) is 10.1 Å². The molecule has 1 aromatic carbocycles. The van der Waals surface area contributed by atoms with E-state index >= 15 is 0 Å². The van der Waals surface area contributed by atoms with E-state index in [1.54, 1.807) is 0 Å². The SMILES string of the molecule is CCNC(c1cccc2ccsc12)C1CC1C. The van der Waals surface area contributed by atoms with Gasteiger partial charge in [-0.05, 0) is 47.2 Å². The Kier molecular flexibility index (Phi) is 2.93. The van der Waals surface area contributed by atoms with Crippen molar-refractivity contribution in [1.82, 2.24) is 5.32 Å². The second kappa shape index (κ2) is 4.43. The van der Waals surface area contributed by atoms with Crippen LogP contribution < -0.4 is 5.32 Å². The lowest BCUT2D eigenvalue weighted by Crippen LogP contribution is -2.23. The summed E-state index contributed by atoms with van der Waals surface area (Å²) in [6, 6.07) is 9.49. The molecular weight excluding hydrogens is 226 g/mol. The molecule has 90 valence electrons. The Labute approximate surface area is 107 Å². The summed E-state index contributed by atoms with van der Waals surface area (Å²) in [7, 11) is 0. The highest BCUT2D eigenvalue weighted by atomic mass is 32.1. The molecule has 0 spiro atoms. The van der Waals surface area contributed by atoms with E-state index in [0.29, 0.717) is 6.04 Å². The molecule has 3 unspecified atom stereocenters. The second-order valence-corrected chi connectivity index (χ2v) is 6.01. The lowest BCUT2D eigenvalue weighted by Gasteiger charge is -2.19. The maximum atomic E-state index is 3.68. The number of nitrogens with one attached hydrogen (secondary N) is 1. The summed E-state index contributed by atoms with van der Waals surface area (Å²) in [4.78, 5) is 0. The lowest BCUT2D eigenvalue weighted by molar-refractivity contribution is 0.479. The van der Waals surface area contributed by atoms with Gasteiger partial charge in [0, 0.05) is 10.7 Å². The van der Waals surface area contributed by atoms with Crippen molar-refractivity contribution >= 4 is 21.4 Å². The minimum Gasteiger partial charge on any atom is -0.310 e. The van der Waals surface area contributed by atoms with Crippen LogP contribution in [-0.4, -0.2) is 6.54 Å². The average molecular weight is 245 g/mol. The van der Waals surface area contributed by atoms with Crippen molar-refractivity contribution in [2.45, 2.75) is 26.3 Å². The Bertz CT molecular complexity index is 516. The molecule has 0 aliphatic heterocycles. The zero-order chi connectivity index (χ0) is 11.8. The third-order valence-electron chi connectivity index (χ3n) is 3.87. The zero-order valence-corrected chi connectivity index (χ0v) is 11.3. The smallest absolute Gasteiger partial charge is 0.0390 e. The second-order valence-electron chi connectivity index (χ2n) is 5.10. The molecule has 0 radical (unpaired) electrons. The van der Waals surface area contributed by atoms with Crippen molar-refractivity contribution in [3.8, 4) is 0 Å². The molecule has 1 aliphatic rings. The Morgan fingerprint density at radius 3 is 2.94 bits per heavy atom. The molecule has 0 bridgehead atoms. The summed E-state index contributed by atoms with van der Waals surface area (Å²) in [5, 5.41) is 7.27. The first kappa shape index (κ1) is 11.2. The van der Waals surface area contributed by atoms with Crippen molar-refractivity contribution < 1.29 is 0 Å². The Morgan fingerprint density at radius 2 is 2.24 bits per heavy atom. The molecule has 1 fully saturated rings. The Balaban J connectivity index is 2.02. The van der Waals surface area contributed by atoms with Gasteiger partial charge in [-0.3, -0.25) is 0 Å². The molecule has 1 nitrogen and oxygen atoms in total. The molecule has 2 aromatic rings. The fourth-order valence-corrected chi connectivity index (χ4v) is 3.74. The predicted octanol–water partition coefficient (Wildman–Crippen LogP) is 4.21. The van der Waals surface area contributed by atoms with E-state index in [1.165, 1.54) is 22.1 Å². The van der Waals surface area contributed by atoms with Crippen LogP contribution in [0.5, 0.6) is 0 Å². The summed E-state index contributed by atoms with van der Waals surface area (Å²) in [6.07, 6.45) is 1.37. The Hall–Kier alpha value is -0.860. The molecule has 1 saturated carbocycles. The van der Waals surface area contributed by atoms with Crippen LogP contribution >= 0.6 is 11.3 Å². The van der Waals surface area contributed by atoms with E-state index in [2.05, 4.69) is 48.8 Å². The van der Waals surface area contributed by atoms with Crippen LogP contribution in [0, 0.1) is 11.8 Å². The van der Waals surface area contributed by atoms with Crippen molar-refractivity contribution in [3.05, 3.63) is 35.2 Å². The van der Waals surface area contributed by atoms with Crippen molar-refractivity contribution in [2.75, 3.05) is 6.54 Å². The van der Waals surface area contributed by atoms with Gasteiger partial charge in [0.25, 0.3) is 0 Å². The first-order chi connectivity index (χ1) is 8.31. The molecule has 1 N–H and O–H groups in total. The zero-order valence-electron chi connectivity index (χ0n) is 10.4. The number of thiophene rings is 1. The first-order valence-electron chi connectivity index (χ1n) is 6.50. The van der Waals surface area contributed by atoms with Gasteiger partial charge in [0.05, 0.1) is 0 Å². The highest BCUT2D eigenvalue weighted by Crippen LogP contribution is 2.48. The van der Waals surface area contributed by atoms with Crippen LogP contribution in [-0.2, 0) is 0 Å². The third-order valence-corrected chi connectivity index (χ3v) is 4.85. The van der Waals surface area contributed by atoms with Crippen LogP contribution in [0.4, 0.5) is 0 Å². The van der Waals surface area contributed by atoms with Gasteiger partial charge in [-0.2, -0.15) is 0 Å². The standard InChI is InChI=1S/C15H19NS/c1-3-16-14(13-9-10(13)2)12-6-4-5-11-7-8-17-15(11)12/h4-8,10,13-14,16H,3,9H2,1-2H3. The maximum absolute atomic E-state index is 3.68. The molecule has 1 heterocycles. The van der Waals surface area contributed by atoms with Crippen LogP contribution in [0.3, 0.4) is 0 Å². The molecule has 2 heteroatoms. The molecule has 0 amide bonds. The maximum Gasteiger partial charge on any atom is 0.0390 e. The predicted molar refractivity (Wildman–Crippen MR) is 75.5 cm³/mol. The summed E-state index contributed by atoms with van der Waals surface area (Å²) in [5.74, 6) is 1.72. The summed E-state index contributed by atoms with van der Waals surface area (Å²) in [5.41, 5.74) is 1.51. The first-order valence-corrected chi connectivity index (χ1v) is 7.38. The third kappa shape index (κ3) is 2.00. The molecule has 3 rings (SSSR count). The van der Waals surface area contributed by atoms with E-state index in [-0.39, 0.29) is 0 Å². The van der Waals surface area contributed by atoms with E-state index in [1.807, 2.05) is 11.3 Å². The van der Waals surface area contributed by atoms with Gasteiger partial charge in [-0.25, -0.2) is 0 Å². The molecule has 1 aromatic heterocycles. The van der Waals surface area contributed by atoms with E-state index in [0.717, 1.165) is 18.4 Å². The van der Waals surface area contributed by atoms with Crippen LogP contribution in [0.2, 0.25) is 0 Å². The Morgan fingerprint density at radius 1 is 1.41 bits per heavy atom.